The molecule has 2 rings (SSSR count). The number of thiophene rings is 1. The number of rotatable bonds is 2. The molecule has 0 amide bonds. The Morgan fingerprint density at radius 1 is 1.12 bits per heavy atom. The molecule has 1 heterocycles. The largest absolute Gasteiger partial charge is 0.288 e. The van der Waals surface area contributed by atoms with Crippen molar-refractivity contribution in [2.45, 2.75) is 20.8 Å². The van der Waals surface area contributed by atoms with Crippen LogP contribution >= 0.6 is 27.3 Å². The zero-order valence-electron chi connectivity index (χ0n) is 10.0. The van der Waals surface area contributed by atoms with Crippen LogP contribution in [0.15, 0.2) is 28.1 Å². The van der Waals surface area contributed by atoms with Crippen molar-refractivity contribution in [1.82, 2.24) is 0 Å². The molecule has 0 aliphatic carbocycles. The van der Waals surface area contributed by atoms with Crippen LogP contribution in [-0.2, 0) is 0 Å². The van der Waals surface area contributed by atoms with Crippen molar-refractivity contribution in [3.05, 3.63) is 55.2 Å². The zero-order chi connectivity index (χ0) is 12.6. The highest BCUT2D eigenvalue weighted by atomic mass is 79.9. The van der Waals surface area contributed by atoms with E-state index in [0.29, 0.717) is 0 Å². The van der Waals surface area contributed by atoms with E-state index in [2.05, 4.69) is 15.9 Å². The SMILES string of the molecule is Cc1cc(C(=O)c2c(C)cccc2C)sc1Br. The lowest BCUT2D eigenvalue weighted by atomic mass is 9.98. The summed E-state index contributed by atoms with van der Waals surface area (Å²) < 4.78 is 1.03. The van der Waals surface area contributed by atoms with Crippen LogP contribution in [0.4, 0.5) is 0 Å². The number of hydrogen-bond acceptors (Lipinski definition) is 2. The van der Waals surface area contributed by atoms with Crippen molar-refractivity contribution < 1.29 is 4.79 Å². The molecular formula is C14H13BrOS. The van der Waals surface area contributed by atoms with Crippen LogP contribution in [-0.4, -0.2) is 5.78 Å². The van der Waals surface area contributed by atoms with Crippen LogP contribution in [0, 0.1) is 20.8 Å². The fraction of sp³-hybridized carbons (Fsp3) is 0.214. The number of carbonyl (C=O) groups excluding carboxylic acids is 1. The third kappa shape index (κ3) is 2.35. The summed E-state index contributed by atoms with van der Waals surface area (Å²) in [5.74, 6) is 0.124. The summed E-state index contributed by atoms with van der Waals surface area (Å²) in [5, 5.41) is 0. The van der Waals surface area contributed by atoms with E-state index in [1.807, 2.05) is 45.0 Å². The average molecular weight is 309 g/mol. The lowest BCUT2D eigenvalue weighted by Gasteiger charge is -2.06. The van der Waals surface area contributed by atoms with Gasteiger partial charge in [0.15, 0.2) is 0 Å². The zero-order valence-corrected chi connectivity index (χ0v) is 12.4. The third-order valence-electron chi connectivity index (χ3n) is 2.79. The molecule has 3 heteroatoms. The van der Waals surface area contributed by atoms with E-state index in [1.165, 1.54) is 11.3 Å². The molecule has 1 aromatic heterocycles. The summed E-state index contributed by atoms with van der Waals surface area (Å²) in [6, 6.07) is 7.89. The summed E-state index contributed by atoms with van der Waals surface area (Å²) in [6.07, 6.45) is 0. The maximum absolute atomic E-state index is 12.4. The lowest BCUT2D eigenvalue weighted by Crippen LogP contribution is -2.04. The summed E-state index contributed by atoms with van der Waals surface area (Å²) in [6.45, 7) is 5.97. The minimum atomic E-state index is 0.124. The molecule has 0 unspecified atom stereocenters. The third-order valence-corrected chi connectivity index (χ3v) is 4.92. The van der Waals surface area contributed by atoms with E-state index >= 15 is 0 Å². The quantitative estimate of drug-likeness (QED) is 0.737. The molecule has 2 aromatic rings. The summed E-state index contributed by atoms with van der Waals surface area (Å²) in [5.41, 5.74) is 4.03. The first kappa shape index (κ1) is 12.5. The Morgan fingerprint density at radius 3 is 2.18 bits per heavy atom. The number of hydrogen-bond donors (Lipinski definition) is 0. The fourth-order valence-corrected chi connectivity index (χ4v) is 3.35. The number of aryl methyl sites for hydroxylation is 3. The van der Waals surface area contributed by atoms with Gasteiger partial charge in [-0.3, -0.25) is 4.79 Å². The number of ketones is 1. The maximum atomic E-state index is 12.4. The van der Waals surface area contributed by atoms with Crippen molar-refractivity contribution in [2.24, 2.45) is 0 Å². The van der Waals surface area contributed by atoms with Gasteiger partial charge in [0.2, 0.25) is 5.78 Å². The molecule has 0 aliphatic rings. The molecular weight excluding hydrogens is 296 g/mol. The number of benzene rings is 1. The molecule has 88 valence electrons. The topological polar surface area (TPSA) is 17.1 Å². The minimum Gasteiger partial charge on any atom is -0.288 e. The van der Waals surface area contributed by atoms with Crippen molar-refractivity contribution in [1.29, 1.82) is 0 Å². The monoisotopic (exact) mass is 308 g/mol. The lowest BCUT2D eigenvalue weighted by molar-refractivity contribution is 0.104. The molecule has 0 saturated carbocycles. The summed E-state index contributed by atoms with van der Waals surface area (Å²) in [4.78, 5) is 13.2. The predicted molar refractivity (Wildman–Crippen MR) is 76.1 cm³/mol. The molecule has 0 radical (unpaired) electrons. The first-order chi connectivity index (χ1) is 8.00. The van der Waals surface area contributed by atoms with Crippen LogP contribution in [0.25, 0.3) is 0 Å². The van der Waals surface area contributed by atoms with Crippen molar-refractivity contribution in [3.8, 4) is 0 Å². The number of carbonyl (C=O) groups is 1. The van der Waals surface area contributed by atoms with Crippen LogP contribution in [0.2, 0.25) is 0 Å². The Hall–Kier alpha value is -0.930. The minimum absolute atomic E-state index is 0.124. The highest BCUT2D eigenvalue weighted by Gasteiger charge is 2.17. The standard InChI is InChI=1S/C14H13BrOS/c1-8-5-4-6-9(2)12(8)13(16)11-7-10(3)14(15)17-11/h4-7H,1-3H3. The molecule has 1 nitrogen and oxygen atoms in total. The van der Waals surface area contributed by atoms with Gasteiger partial charge in [-0.1, -0.05) is 18.2 Å². The maximum Gasteiger partial charge on any atom is 0.203 e. The normalized spacial score (nSPS) is 10.6. The van der Waals surface area contributed by atoms with Crippen molar-refractivity contribution in [2.75, 3.05) is 0 Å². The number of halogens is 1. The molecule has 0 atom stereocenters. The molecule has 17 heavy (non-hydrogen) atoms. The highest BCUT2D eigenvalue weighted by molar-refractivity contribution is 9.11. The molecule has 0 spiro atoms. The van der Waals surface area contributed by atoms with Crippen molar-refractivity contribution >= 4 is 33.0 Å². The Balaban J connectivity index is 2.51. The van der Waals surface area contributed by atoms with E-state index in [9.17, 15) is 4.79 Å². The average Bonchev–Trinajstić information content (AvgIpc) is 2.59. The van der Waals surface area contributed by atoms with Crippen LogP contribution in [0.5, 0.6) is 0 Å². The van der Waals surface area contributed by atoms with Gasteiger partial charge in [0, 0.05) is 5.56 Å². The van der Waals surface area contributed by atoms with Gasteiger partial charge in [-0.15, -0.1) is 11.3 Å². The molecule has 0 saturated heterocycles. The Kier molecular flexibility index (Phi) is 3.50. The second kappa shape index (κ2) is 4.75. The van der Waals surface area contributed by atoms with Gasteiger partial charge in [0.05, 0.1) is 8.66 Å². The van der Waals surface area contributed by atoms with Crippen LogP contribution < -0.4 is 0 Å². The second-order valence-corrected chi connectivity index (χ2v) is 6.53. The molecule has 0 N–H and O–H groups in total. The summed E-state index contributed by atoms with van der Waals surface area (Å²) >= 11 is 4.96. The first-order valence-electron chi connectivity index (χ1n) is 5.37. The van der Waals surface area contributed by atoms with Gasteiger partial charge in [-0.25, -0.2) is 0 Å². The fourth-order valence-electron chi connectivity index (χ4n) is 1.87. The van der Waals surface area contributed by atoms with Gasteiger partial charge < -0.3 is 0 Å². The van der Waals surface area contributed by atoms with E-state index in [1.54, 1.807) is 0 Å². The smallest absolute Gasteiger partial charge is 0.203 e. The molecule has 0 bridgehead atoms. The van der Waals surface area contributed by atoms with E-state index in [0.717, 1.165) is 30.9 Å². The Morgan fingerprint density at radius 2 is 1.71 bits per heavy atom. The molecule has 1 aromatic carbocycles. The Bertz CT molecular complexity index is 544. The first-order valence-corrected chi connectivity index (χ1v) is 6.98. The molecule has 0 aliphatic heterocycles. The van der Waals surface area contributed by atoms with E-state index in [4.69, 9.17) is 0 Å². The van der Waals surface area contributed by atoms with Gasteiger partial charge in [-0.2, -0.15) is 0 Å². The van der Waals surface area contributed by atoms with Gasteiger partial charge in [0.1, 0.15) is 0 Å². The predicted octanol–water partition coefficient (Wildman–Crippen LogP) is 4.67. The van der Waals surface area contributed by atoms with E-state index < -0.39 is 0 Å². The van der Waals surface area contributed by atoms with Gasteiger partial charge in [-0.05, 0) is 59.5 Å². The highest BCUT2D eigenvalue weighted by Crippen LogP contribution is 2.30. The molecule has 0 fully saturated rings. The van der Waals surface area contributed by atoms with Crippen LogP contribution in [0.3, 0.4) is 0 Å². The van der Waals surface area contributed by atoms with Gasteiger partial charge >= 0.3 is 0 Å². The second-order valence-electron chi connectivity index (χ2n) is 4.16. The van der Waals surface area contributed by atoms with Crippen molar-refractivity contribution in [3.63, 3.8) is 0 Å². The van der Waals surface area contributed by atoms with Gasteiger partial charge in [0.25, 0.3) is 0 Å². The summed E-state index contributed by atoms with van der Waals surface area (Å²) in [7, 11) is 0. The van der Waals surface area contributed by atoms with Crippen LogP contribution in [0.1, 0.15) is 31.9 Å². The Labute approximate surface area is 114 Å². The van der Waals surface area contributed by atoms with E-state index in [-0.39, 0.29) is 5.78 Å².